The van der Waals surface area contributed by atoms with Crippen molar-refractivity contribution < 1.29 is 9.59 Å². The Morgan fingerprint density at radius 1 is 1.33 bits per heavy atom. The molecule has 0 spiro atoms. The van der Waals surface area contributed by atoms with Gasteiger partial charge in [0.2, 0.25) is 0 Å². The average Bonchev–Trinajstić information content (AvgIpc) is 1.82. The molecule has 12 heavy (non-hydrogen) atoms. The van der Waals surface area contributed by atoms with Gasteiger partial charge in [-0.15, -0.1) is 0 Å². The third-order valence-electron chi connectivity index (χ3n) is 1.33. The van der Waals surface area contributed by atoms with E-state index in [0.29, 0.717) is 6.42 Å². The fraction of sp³-hybridized carbons (Fsp3) is 0.600. The molecule has 0 bridgehead atoms. The predicted octanol–water partition coefficient (Wildman–Crippen LogP) is 2.14. The van der Waals surface area contributed by atoms with Crippen LogP contribution < -0.4 is 0 Å². The minimum Gasteiger partial charge on any atom is -0.299 e. The molecule has 0 unspecified atom stereocenters. The van der Waals surface area contributed by atoms with Crippen LogP contribution in [0.4, 0.5) is 0 Å². The molecular formula is C10H16O2. The van der Waals surface area contributed by atoms with Crippen molar-refractivity contribution in [2.45, 2.75) is 33.6 Å². The van der Waals surface area contributed by atoms with E-state index in [1.807, 2.05) is 20.8 Å². The zero-order valence-corrected chi connectivity index (χ0v) is 8.02. The number of hydrogen-bond acceptors (Lipinski definition) is 2. The fourth-order valence-corrected chi connectivity index (χ4v) is 0.921. The molecule has 0 aliphatic heterocycles. The first-order valence-electron chi connectivity index (χ1n) is 4.02. The van der Waals surface area contributed by atoms with Gasteiger partial charge >= 0.3 is 0 Å². The highest BCUT2D eigenvalue weighted by Crippen LogP contribution is 2.19. The van der Waals surface area contributed by atoms with Gasteiger partial charge in [0.25, 0.3) is 0 Å². The lowest BCUT2D eigenvalue weighted by Crippen LogP contribution is -2.15. The van der Waals surface area contributed by atoms with Crippen molar-refractivity contribution in [2.75, 3.05) is 0 Å². The smallest absolute Gasteiger partial charge is 0.162 e. The Hall–Kier alpha value is -0.920. The first-order valence-corrected chi connectivity index (χ1v) is 4.02. The van der Waals surface area contributed by atoms with Crippen molar-refractivity contribution in [1.29, 1.82) is 0 Å². The molecule has 0 fully saturated rings. The van der Waals surface area contributed by atoms with Crippen LogP contribution in [-0.2, 0) is 9.59 Å². The number of ketones is 2. The molecule has 0 amide bonds. The highest BCUT2D eigenvalue weighted by Gasteiger charge is 2.16. The van der Waals surface area contributed by atoms with Gasteiger partial charge in [-0.1, -0.05) is 27.4 Å². The van der Waals surface area contributed by atoms with Crippen LogP contribution in [0.25, 0.3) is 0 Å². The van der Waals surface area contributed by atoms with Gasteiger partial charge < -0.3 is 0 Å². The Morgan fingerprint density at radius 2 is 1.83 bits per heavy atom. The maximum atomic E-state index is 11.2. The van der Waals surface area contributed by atoms with E-state index in [9.17, 15) is 9.59 Å². The molecule has 2 heteroatoms. The van der Waals surface area contributed by atoms with Crippen LogP contribution in [0.3, 0.4) is 0 Å². The molecule has 0 rings (SSSR count). The van der Waals surface area contributed by atoms with Crippen molar-refractivity contribution in [3.8, 4) is 0 Å². The van der Waals surface area contributed by atoms with Gasteiger partial charge in [-0.2, -0.15) is 0 Å². The van der Waals surface area contributed by atoms with E-state index in [2.05, 4.69) is 6.58 Å². The molecule has 0 aliphatic carbocycles. The molecule has 0 saturated heterocycles. The molecule has 0 radical (unpaired) electrons. The Morgan fingerprint density at radius 3 is 2.17 bits per heavy atom. The molecule has 0 aromatic rings. The second-order valence-corrected chi connectivity index (χ2v) is 4.12. The van der Waals surface area contributed by atoms with Gasteiger partial charge in [0, 0.05) is 6.42 Å². The van der Waals surface area contributed by atoms with Gasteiger partial charge in [-0.3, -0.25) is 9.59 Å². The summed E-state index contributed by atoms with van der Waals surface area (Å²) in [6, 6.07) is 0. The lowest BCUT2D eigenvalue weighted by molar-refractivity contribution is -0.125. The Bertz CT molecular complexity index is 196. The second-order valence-electron chi connectivity index (χ2n) is 4.12. The first-order chi connectivity index (χ1) is 5.35. The maximum Gasteiger partial charge on any atom is 0.162 e. The van der Waals surface area contributed by atoms with Crippen LogP contribution in [0.15, 0.2) is 12.7 Å². The number of carbonyl (C=O) groups excluding carboxylic acids is 2. The molecule has 0 atom stereocenters. The number of allylic oxidation sites excluding steroid dienone is 1. The number of Topliss-reactive ketones (excluding diaryl/α,β-unsaturated/α-hetero) is 1. The normalized spacial score (nSPS) is 10.9. The van der Waals surface area contributed by atoms with E-state index in [4.69, 9.17) is 0 Å². The minimum absolute atomic E-state index is 0.000764. The van der Waals surface area contributed by atoms with Crippen LogP contribution >= 0.6 is 0 Å². The fourth-order valence-electron chi connectivity index (χ4n) is 0.921. The average molecular weight is 168 g/mol. The topological polar surface area (TPSA) is 34.1 Å². The SMILES string of the molecule is C=CC(=O)CC(=O)CC(C)(C)C. The Balaban J connectivity index is 3.91. The number of carbonyl (C=O) groups is 2. The summed E-state index contributed by atoms with van der Waals surface area (Å²) in [7, 11) is 0. The van der Waals surface area contributed by atoms with Crippen molar-refractivity contribution >= 4 is 11.6 Å². The largest absolute Gasteiger partial charge is 0.299 e. The summed E-state index contributed by atoms with van der Waals surface area (Å²) in [6.45, 7) is 9.23. The number of hydrogen-bond donors (Lipinski definition) is 0. The monoisotopic (exact) mass is 168 g/mol. The number of rotatable bonds is 4. The Labute approximate surface area is 73.7 Å². The summed E-state index contributed by atoms with van der Waals surface area (Å²) < 4.78 is 0. The van der Waals surface area contributed by atoms with E-state index in [-0.39, 0.29) is 23.4 Å². The summed E-state index contributed by atoms with van der Waals surface area (Å²) >= 11 is 0. The standard InChI is InChI=1S/C10H16O2/c1-5-8(11)6-9(12)7-10(2,3)4/h5H,1,6-7H2,2-4H3. The summed E-state index contributed by atoms with van der Waals surface area (Å²) in [5.74, 6) is -0.198. The van der Waals surface area contributed by atoms with Gasteiger partial charge in [-0.25, -0.2) is 0 Å². The van der Waals surface area contributed by atoms with E-state index >= 15 is 0 Å². The molecule has 0 saturated carbocycles. The van der Waals surface area contributed by atoms with Gasteiger partial charge in [0.1, 0.15) is 5.78 Å². The van der Waals surface area contributed by atoms with Crippen LogP contribution in [-0.4, -0.2) is 11.6 Å². The van der Waals surface area contributed by atoms with Crippen molar-refractivity contribution in [2.24, 2.45) is 5.41 Å². The molecular weight excluding hydrogens is 152 g/mol. The van der Waals surface area contributed by atoms with E-state index < -0.39 is 0 Å². The lowest BCUT2D eigenvalue weighted by atomic mass is 9.89. The molecule has 0 aromatic heterocycles. The molecule has 0 aromatic carbocycles. The summed E-state index contributed by atoms with van der Waals surface area (Å²) in [6.07, 6.45) is 1.65. The maximum absolute atomic E-state index is 11.2. The molecule has 0 N–H and O–H groups in total. The first kappa shape index (κ1) is 11.1. The molecule has 0 aliphatic rings. The van der Waals surface area contributed by atoms with Crippen LogP contribution in [0, 0.1) is 5.41 Å². The Kier molecular flexibility index (Phi) is 3.87. The van der Waals surface area contributed by atoms with Crippen LogP contribution in [0.2, 0.25) is 0 Å². The van der Waals surface area contributed by atoms with Crippen molar-refractivity contribution in [3.05, 3.63) is 12.7 Å². The molecule has 68 valence electrons. The quantitative estimate of drug-likeness (QED) is 0.476. The predicted molar refractivity (Wildman–Crippen MR) is 48.9 cm³/mol. The van der Waals surface area contributed by atoms with Crippen molar-refractivity contribution in [3.63, 3.8) is 0 Å². The lowest BCUT2D eigenvalue weighted by Gasteiger charge is -2.15. The van der Waals surface area contributed by atoms with Gasteiger partial charge in [0.15, 0.2) is 5.78 Å². The van der Waals surface area contributed by atoms with Gasteiger partial charge in [0.05, 0.1) is 6.42 Å². The van der Waals surface area contributed by atoms with E-state index in [1.165, 1.54) is 6.08 Å². The summed E-state index contributed by atoms with van der Waals surface area (Å²) in [5, 5.41) is 0. The summed E-state index contributed by atoms with van der Waals surface area (Å²) in [4.78, 5) is 21.9. The third-order valence-corrected chi connectivity index (χ3v) is 1.33. The minimum atomic E-state index is -0.191. The third kappa shape index (κ3) is 5.83. The second kappa shape index (κ2) is 4.19. The zero-order valence-electron chi connectivity index (χ0n) is 8.02. The highest BCUT2D eigenvalue weighted by atomic mass is 16.1. The van der Waals surface area contributed by atoms with Crippen LogP contribution in [0.5, 0.6) is 0 Å². The van der Waals surface area contributed by atoms with Crippen molar-refractivity contribution in [1.82, 2.24) is 0 Å². The van der Waals surface area contributed by atoms with E-state index in [0.717, 1.165) is 0 Å². The molecule has 0 heterocycles. The highest BCUT2D eigenvalue weighted by molar-refractivity contribution is 6.04. The molecule has 2 nitrogen and oxygen atoms in total. The van der Waals surface area contributed by atoms with Crippen LogP contribution in [0.1, 0.15) is 33.6 Å². The van der Waals surface area contributed by atoms with Gasteiger partial charge in [-0.05, 0) is 11.5 Å². The zero-order chi connectivity index (χ0) is 9.78. The summed E-state index contributed by atoms with van der Waals surface area (Å²) in [5.41, 5.74) is -0.0292. The van der Waals surface area contributed by atoms with E-state index in [1.54, 1.807) is 0 Å².